The van der Waals surface area contributed by atoms with E-state index in [-0.39, 0.29) is 17.6 Å². The molecule has 2 N–H and O–H groups in total. The fraction of sp³-hybridized carbons (Fsp3) is 0.429. The van der Waals surface area contributed by atoms with E-state index in [2.05, 4.69) is 21.2 Å². The molecule has 0 saturated carbocycles. The fourth-order valence-electron chi connectivity index (χ4n) is 2.20. The largest absolute Gasteiger partial charge is 0.478 e. The van der Waals surface area contributed by atoms with Gasteiger partial charge in [-0.25, -0.2) is 9.59 Å². The summed E-state index contributed by atoms with van der Waals surface area (Å²) in [4.78, 5) is 25.1. The van der Waals surface area contributed by atoms with E-state index in [0.717, 1.165) is 6.42 Å². The van der Waals surface area contributed by atoms with Gasteiger partial charge >= 0.3 is 12.0 Å². The minimum atomic E-state index is -1.03. The highest BCUT2D eigenvalue weighted by Gasteiger charge is 2.26. The number of nitrogens with one attached hydrogen (secondary N) is 1. The summed E-state index contributed by atoms with van der Waals surface area (Å²) in [5.41, 5.74) is 0.573. The van der Waals surface area contributed by atoms with Gasteiger partial charge in [0.1, 0.15) is 0 Å². The molecule has 6 nitrogen and oxygen atoms in total. The van der Waals surface area contributed by atoms with Crippen LogP contribution in [-0.2, 0) is 4.74 Å². The maximum Gasteiger partial charge on any atom is 0.335 e. The number of morpholine rings is 1. The zero-order valence-electron chi connectivity index (χ0n) is 11.6. The number of ether oxygens (including phenoxy) is 1. The normalized spacial score (nSPS) is 18.4. The SMILES string of the molecule is CCC1COCCN1C(=O)Nc1cc(C(=O)O)ccc1Br. The summed E-state index contributed by atoms with van der Waals surface area (Å²) in [7, 11) is 0. The Morgan fingerprint density at radius 2 is 2.29 bits per heavy atom. The quantitative estimate of drug-likeness (QED) is 0.872. The predicted octanol–water partition coefficient (Wildman–Crippen LogP) is 2.79. The molecule has 21 heavy (non-hydrogen) atoms. The van der Waals surface area contributed by atoms with E-state index < -0.39 is 5.97 Å². The van der Waals surface area contributed by atoms with Crippen LogP contribution in [0.2, 0.25) is 0 Å². The van der Waals surface area contributed by atoms with Gasteiger partial charge < -0.3 is 20.1 Å². The van der Waals surface area contributed by atoms with Crippen LogP contribution in [0.4, 0.5) is 10.5 Å². The lowest BCUT2D eigenvalue weighted by Crippen LogP contribution is -2.50. The lowest BCUT2D eigenvalue weighted by atomic mass is 10.2. The van der Waals surface area contributed by atoms with Gasteiger partial charge in [-0.2, -0.15) is 0 Å². The van der Waals surface area contributed by atoms with E-state index in [9.17, 15) is 9.59 Å². The molecular formula is C14H17BrN2O4. The number of urea groups is 1. The number of rotatable bonds is 3. The van der Waals surface area contributed by atoms with Crippen LogP contribution >= 0.6 is 15.9 Å². The van der Waals surface area contributed by atoms with Crippen molar-refractivity contribution < 1.29 is 19.4 Å². The van der Waals surface area contributed by atoms with Crippen molar-refractivity contribution in [1.82, 2.24) is 4.90 Å². The van der Waals surface area contributed by atoms with Crippen molar-refractivity contribution in [1.29, 1.82) is 0 Å². The molecule has 1 aromatic rings. The number of carboxylic acid groups (broad SMARTS) is 1. The molecule has 2 amide bonds. The summed E-state index contributed by atoms with van der Waals surface area (Å²) in [5.74, 6) is -1.03. The third kappa shape index (κ3) is 3.74. The van der Waals surface area contributed by atoms with Crippen molar-refractivity contribution in [3.63, 3.8) is 0 Å². The molecule has 1 atom stereocenters. The maximum absolute atomic E-state index is 12.4. The second-order valence-electron chi connectivity index (χ2n) is 4.76. The van der Waals surface area contributed by atoms with Crippen molar-refractivity contribution in [2.75, 3.05) is 25.1 Å². The molecule has 0 aromatic heterocycles. The molecule has 7 heteroatoms. The molecule has 1 aliphatic rings. The van der Waals surface area contributed by atoms with Crippen LogP contribution in [0.25, 0.3) is 0 Å². The fourth-order valence-corrected chi connectivity index (χ4v) is 2.55. The van der Waals surface area contributed by atoms with E-state index in [0.29, 0.717) is 29.9 Å². The highest BCUT2D eigenvalue weighted by atomic mass is 79.9. The number of aromatic carboxylic acids is 1. The number of carbonyl (C=O) groups excluding carboxylic acids is 1. The first-order valence-electron chi connectivity index (χ1n) is 6.71. The average molecular weight is 357 g/mol. The molecule has 2 rings (SSSR count). The van der Waals surface area contributed by atoms with Crippen molar-refractivity contribution in [3.05, 3.63) is 28.2 Å². The first-order chi connectivity index (χ1) is 10.0. The molecule has 1 fully saturated rings. The van der Waals surface area contributed by atoms with Crippen molar-refractivity contribution in [2.45, 2.75) is 19.4 Å². The van der Waals surface area contributed by atoms with Gasteiger partial charge in [0.25, 0.3) is 0 Å². The van der Waals surface area contributed by atoms with Gasteiger partial charge in [0.05, 0.1) is 30.5 Å². The van der Waals surface area contributed by atoms with Crippen molar-refractivity contribution in [2.24, 2.45) is 0 Å². The molecule has 1 saturated heterocycles. The Bertz CT molecular complexity index is 550. The molecule has 1 unspecified atom stereocenters. The molecule has 1 aromatic carbocycles. The second-order valence-corrected chi connectivity index (χ2v) is 5.61. The van der Waals surface area contributed by atoms with Crippen LogP contribution in [-0.4, -0.2) is 47.8 Å². The minimum absolute atomic E-state index is 0.0418. The Kier molecular flexibility index (Phi) is 5.19. The molecular weight excluding hydrogens is 340 g/mol. The zero-order chi connectivity index (χ0) is 15.4. The zero-order valence-corrected chi connectivity index (χ0v) is 13.2. The number of carbonyl (C=O) groups is 2. The first kappa shape index (κ1) is 15.8. The monoisotopic (exact) mass is 356 g/mol. The van der Waals surface area contributed by atoms with Gasteiger partial charge in [-0.1, -0.05) is 6.92 Å². The molecule has 0 spiro atoms. The standard InChI is InChI=1S/C14H17BrN2O4/c1-2-10-8-21-6-5-17(10)14(20)16-12-7-9(13(18)19)3-4-11(12)15/h3-4,7,10H,2,5-6,8H2,1H3,(H,16,20)(H,18,19). The number of anilines is 1. The van der Waals surface area contributed by atoms with E-state index in [4.69, 9.17) is 9.84 Å². The van der Waals surface area contributed by atoms with Crippen molar-refractivity contribution in [3.8, 4) is 0 Å². The number of carboxylic acids is 1. The molecule has 114 valence electrons. The Hall–Kier alpha value is -1.60. The number of nitrogens with zero attached hydrogens (tertiary/aromatic N) is 1. The molecule has 1 aliphatic heterocycles. The van der Waals surface area contributed by atoms with Crippen molar-refractivity contribution >= 4 is 33.6 Å². The maximum atomic E-state index is 12.4. The van der Waals surface area contributed by atoms with Gasteiger partial charge in [-0.3, -0.25) is 0 Å². The number of halogens is 1. The topological polar surface area (TPSA) is 78.9 Å². The Balaban J connectivity index is 2.15. The summed E-state index contributed by atoms with van der Waals surface area (Å²) in [6, 6.07) is 4.32. The highest BCUT2D eigenvalue weighted by molar-refractivity contribution is 9.10. The van der Waals surface area contributed by atoms with Crippen LogP contribution in [0.5, 0.6) is 0 Å². The summed E-state index contributed by atoms with van der Waals surface area (Å²) in [6.07, 6.45) is 0.809. The van der Waals surface area contributed by atoms with Gasteiger partial charge in [-0.15, -0.1) is 0 Å². The molecule has 0 bridgehead atoms. The lowest BCUT2D eigenvalue weighted by molar-refractivity contribution is 0.0144. The summed E-state index contributed by atoms with van der Waals surface area (Å²) in [6.45, 7) is 3.57. The van der Waals surface area contributed by atoms with Gasteiger partial charge in [0.2, 0.25) is 0 Å². The molecule has 1 heterocycles. The van der Waals surface area contributed by atoms with Crippen LogP contribution < -0.4 is 5.32 Å². The third-order valence-corrected chi connectivity index (χ3v) is 4.11. The predicted molar refractivity (Wildman–Crippen MR) is 81.7 cm³/mol. The van der Waals surface area contributed by atoms with E-state index in [1.54, 1.807) is 11.0 Å². The number of hydrogen-bond acceptors (Lipinski definition) is 3. The summed E-state index contributed by atoms with van der Waals surface area (Å²) in [5, 5.41) is 11.8. The Labute approximate surface area is 131 Å². The second kappa shape index (κ2) is 6.91. The van der Waals surface area contributed by atoms with Gasteiger partial charge in [-0.05, 0) is 40.5 Å². The van der Waals surface area contributed by atoms with Crippen LogP contribution in [0, 0.1) is 0 Å². The van der Waals surface area contributed by atoms with E-state index >= 15 is 0 Å². The Morgan fingerprint density at radius 3 is 2.95 bits per heavy atom. The van der Waals surface area contributed by atoms with Crippen LogP contribution in [0.1, 0.15) is 23.7 Å². The van der Waals surface area contributed by atoms with Crippen LogP contribution in [0.15, 0.2) is 22.7 Å². The van der Waals surface area contributed by atoms with E-state index in [1.807, 2.05) is 6.92 Å². The van der Waals surface area contributed by atoms with Gasteiger partial charge in [0, 0.05) is 11.0 Å². The lowest BCUT2D eigenvalue weighted by Gasteiger charge is -2.35. The molecule has 0 aliphatic carbocycles. The highest BCUT2D eigenvalue weighted by Crippen LogP contribution is 2.24. The number of benzene rings is 1. The first-order valence-corrected chi connectivity index (χ1v) is 7.50. The molecule has 0 radical (unpaired) electrons. The smallest absolute Gasteiger partial charge is 0.335 e. The average Bonchev–Trinajstić information content (AvgIpc) is 2.49. The van der Waals surface area contributed by atoms with E-state index in [1.165, 1.54) is 12.1 Å². The minimum Gasteiger partial charge on any atom is -0.478 e. The van der Waals surface area contributed by atoms with Crippen LogP contribution in [0.3, 0.4) is 0 Å². The summed E-state index contributed by atoms with van der Waals surface area (Å²) < 4.78 is 6.01. The number of hydrogen-bond donors (Lipinski definition) is 2. The third-order valence-electron chi connectivity index (χ3n) is 3.41. The number of amides is 2. The Morgan fingerprint density at radius 1 is 1.52 bits per heavy atom. The van der Waals surface area contributed by atoms with Gasteiger partial charge in [0.15, 0.2) is 0 Å². The summed E-state index contributed by atoms with van der Waals surface area (Å²) >= 11 is 3.31.